The molecule has 2 fully saturated rings. The Morgan fingerprint density at radius 3 is 1.38 bits per heavy atom. The van der Waals surface area contributed by atoms with Gasteiger partial charge in [-0.3, -0.25) is 0 Å². The molecule has 4 unspecified atom stereocenters. The summed E-state index contributed by atoms with van der Waals surface area (Å²) in [6, 6.07) is 0. The summed E-state index contributed by atoms with van der Waals surface area (Å²) >= 11 is 0. The maximum absolute atomic E-state index is 6.67. The monoisotopic (exact) mass is 450 g/mol. The number of hydrogen-bond acceptors (Lipinski definition) is 2. The highest BCUT2D eigenvalue weighted by Crippen LogP contribution is 2.38. The lowest BCUT2D eigenvalue weighted by molar-refractivity contribution is -0.0650. The number of rotatable bonds is 20. The van der Waals surface area contributed by atoms with E-state index in [1.165, 1.54) is 141 Å². The lowest BCUT2D eigenvalue weighted by atomic mass is 9.87. The van der Waals surface area contributed by atoms with Crippen molar-refractivity contribution in [2.24, 2.45) is 5.92 Å². The van der Waals surface area contributed by atoms with Crippen molar-refractivity contribution >= 4 is 0 Å². The van der Waals surface area contributed by atoms with E-state index in [2.05, 4.69) is 20.8 Å². The van der Waals surface area contributed by atoms with Gasteiger partial charge >= 0.3 is 0 Å². The zero-order valence-electron chi connectivity index (χ0n) is 22.3. The molecule has 2 rings (SSSR count). The number of ether oxygens (including phenoxy) is 2. The summed E-state index contributed by atoms with van der Waals surface area (Å²) in [4.78, 5) is 0. The molecule has 2 heterocycles. The number of hydrogen-bond donors (Lipinski definition) is 0. The largest absolute Gasteiger partial charge is 0.375 e. The van der Waals surface area contributed by atoms with Crippen LogP contribution < -0.4 is 0 Å². The molecule has 0 aromatic heterocycles. The highest BCUT2D eigenvalue weighted by atomic mass is 16.5. The first kappa shape index (κ1) is 28.2. The molecule has 4 atom stereocenters. The Labute approximate surface area is 202 Å². The summed E-state index contributed by atoms with van der Waals surface area (Å²) in [7, 11) is 0. The van der Waals surface area contributed by atoms with Gasteiger partial charge in [0.05, 0.1) is 24.4 Å². The van der Waals surface area contributed by atoms with Crippen LogP contribution in [0.15, 0.2) is 0 Å². The predicted molar refractivity (Wildman–Crippen MR) is 139 cm³/mol. The molecular formula is C30H58O2. The highest BCUT2D eigenvalue weighted by molar-refractivity contribution is 4.88. The first-order chi connectivity index (χ1) is 15.8. The van der Waals surface area contributed by atoms with Crippen LogP contribution in [-0.4, -0.2) is 24.4 Å². The lowest BCUT2D eigenvalue weighted by Gasteiger charge is -2.29. The van der Waals surface area contributed by atoms with E-state index in [0.29, 0.717) is 30.3 Å². The Morgan fingerprint density at radius 1 is 0.500 bits per heavy atom. The Hall–Kier alpha value is -0.0800. The minimum atomic E-state index is 0.468. The molecule has 0 aliphatic carbocycles. The predicted octanol–water partition coefficient (Wildman–Crippen LogP) is 9.78. The molecule has 2 aliphatic heterocycles. The zero-order valence-corrected chi connectivity index (χ0v) is 22.3. The van der Waals surface area contributed by atoms with Gasteiger partial charge in [0.15, 0.2) is 0 Å². The number of unbranched alkanes of at least 4 members (excludes halogenated alkanes) is 12. The molecule has 2 aliphatic rings. The third-order valence-corrected chi connectivity index (χ3v) is 8.14. The minimum absolute atomic E-state index is 0.468. The summed E-state index contributed by atoms with van der Waals surface area (Å²) in [6.07, 6.45) is 31.8. The van der Waals surface area contributed by atoms with Crippen LogP contribution in [0.3, 0.4) is 0 Å². The average Bonchev–Trinajstić information content (AvgIpc) is 3.46. The first-order valence-corrected chi connectivity index (χ1v) is 15.1. The van der Waals surface area contributed by atoms with Gasteiger partial charge in [0.1, 0.15) is 0 Å². The maximum Gasteiger partial charge on any atom is 0.0632 e. The zero-order chi connectivity index (χ0) is 22.9. The van der Waals surface area contributed by atoms with Gasteiger partial charge in [-0.15, -0.1) is 0 Å². The van der Waals surface area contributed by atoms with E-state index in [1.807, 2.05) is 0 Å². The molecule has 0 amide bonds. The summed E-state index contributed by atoms with van der Waals surface area (Å²) in [6.45, 7) is 6.90. The first-order valence-electron chi connectivity index (χ1n) is 15.1. The molecule has 32 heavy (non-hydrogen) atoms. The molecule has 0 aromatic rings. The fraction of sp³-hybridized carbons (Fsp3) is 1.00. The van der Waals surface area contributed by atoms with E-state index in [9.17, 15) is 0 Å². The molecule has 2 nitrogen and oxygen atoms in total. The van der Waals surface area contributed by atoms with Crippen LogP contribution in [0.2, 0.25) is 0 Å². The van der Waals surface area contributed by atoms with Crippen molar-refractivity contribution in [1.29, 1.82) is 0 Å². The third kappa shape index (κ3) is 11.4. The van der Waals surface area contributed by atoms with Crippen molar-refractivity contribution in [3.05, 3.63) is 0 Å². The van der Waals surface area contributed by atoms with E-state index in [4.69, 9.17) is 9.47 Å². The minimum Gasteiger partial charge on any atom is -0.375 e. The topological polar surface area (TPSA) is 18.5 Å². The third-order valence-electron chi connectivity index (χ3n) is 8.14. The van der Waals surface area contributed by atoms with E-state index in [-0.39, 0.29) is 0 Å². The van der Waals surface area contributed by atoms with Crippen LogP contribution in [0.1, 0.15) is 162 Å². The van der Waals surface area contributed by atoms with Crippen molar-refractivity contribution in [2.45, 2.75) is 186 Å². The molecule has 2 saturated heterocycles. The summed E-state index contributed by atoms with van der Waals surface area (Å²) < 4.78 is 13.3. The van der Waals surface area contributed by atoms with Crippen molar-refractivity contribution in [3.63, 3.8) is 0 Å². The van der Waals surface area contributed by atoms with E-state index >= 15 is 0 Å². The maximum atomic E-state index is 6.67. The van der Waals surface area contributed by atoms with Gasteiger partial charge in [-0.25, -0.2) is 0 Å². The fourth-order valence-corrected chi connectivity index (χ4v) is 6.07. The van der Waals surface area contributed by atoms with Gasteiger partial charge in [-0.2, -0.15) is 0 Å². The van der Waals surface area contributed by atoms with Crippen molar-refractivity contribution in [1.82, 2.24) is 0 Å². The summed E-state index contributed by atoms with van der Waals surface area (Å²) in [5, 5.41) is 0. The molecule has 2 heteroatoms. The van der Waals surface area contributed by atoms with Gasteiger partial charge < -0.3 is 9.47 Å². The van der Waals surface area contributed by atoms with Crippen LogP contribution in [0.4, 0.5) is 0 Å². The fourth-order valence-electron chi connectivity index (χ4n) is 6.07. The average molecular weight is 451 g/mol. The standard InChI is InChI=1S/C30H58O2/c1-4-7-10-11-12-13-14-15-18-21-28(29-24-22-26(31-29)19-16-8-5-2)30-25-23-27(32-30)20-17-9-6-3/h26-30H,4-25H2,1-3H3. The van der Waals surface area contributed by atoms with E-state index in [0.717, 1.165) is 0 Å². The summed E-state index contributed by atoms with van der Waals surface area (Å²) in [5.41, 5.74) is 0. The molecule has 0 saturated carbocycles. The second-order valence-electron chi connectivity index (χ2n) is 11.0. The van der Waals surface area contributed by atoms with Crippen LogP contribution in [-0.2, 0) is 9.47 Å². The van der Waals surface area contributed by atoms with Crippen LogP contribution >= 0.6 is 0 Å². The molecule has 0 bridgehead atoms. The Morgan fingerprint density at radius 2 is 0.906 bits per heavy atom. The van der Waals surface area contributed by atoms with Crippen molar-refractivity contribution < 1.29 is 9.47 Å². The lowest BCUT2D eigenvalue weighted by Crippen LogP contribution is -2.32. The van der Waals surface area contributed by atoms with E-state index in [1.54, 1.807) is 0 Å². The SMILES string of the molecule is CCCCCCCCCCCC(C1CCC(CCCCC)O1)C1CCC(CCCCC)O1. The van der Waals surface area contributed by atoms with Crippen LogP contribution in [0.25, 0.3) is 0 Å². The normalized spacial score (nSPS) is 26.7. The van der Waals surface area contributed by atoms with Crippen LogP contribution in [0, 0.1) is 5.92 Å². The van der Waals surface area contributed by atoms with Gasteiger partial charge in [0.2, 0.25) is 0 Å². The van der Waals surface area contributed by atoms with Crippen molar-refractivity contribution in [2.75, 3.05) is 0 Å². The molecule has 0 aromatic carbocycles. The van der Waals surface area contributed by atoms with Gasteiger partial charge in [0.25, 0.3) is 0 Å². The van der Waals surface area contributed by atoms with Gasteiger partial charge in [-0.05, 0) is 44.9 Å². The Kier molecular flexibility index (Phi) is 16.1. The molecule has 0 N–H and O–H groups in total. The van der Waals surface area contributed by atoms with Crippen LogP contribution in [0.5, 0.6) is 0 Å². The quantitative estimate of drug-likeness (QED) is 0.172. The van der Waals surface area contributed by atoms with Crippen molar-refractivity contribution in [3.8, 4) is 0 Å². The summed E-state index contributed by atoms with van der Waals surface area (Å²) in [5.74, 6) is 0.645. The molecule has 190 valence electrons. The van der Waals surface area contributed by atoms with Gasteiger partial charge in [-0.1, -0.05) is 117 Å². The van der Waals surface area contributed by atoms with E-state index < -0.39 is 0 Å². The molecule has 0 radical (unpaired) electrons. The molecular weight excluding hydrogens is 392 g/mol. The molecule has 0 spiro atoms. The Balaban J connectivity index is 1.74. The second-order valence-corrected chi connectivity index (χ2v) is 11.0. The smallest absolute Gasteiger partial charge is 0.0632 e. The Bertz CT molecular complexity index is 395. The van der Waals surface area contributed by atoms with Gasteiger partial charge in [0, 0.05) is 5.92 Å². The highest BCUT2D eigenvalue weighted by Gasteiger charge is 2.39. The second kappa shape index (κ2) is 18.3.